The number of terminal acetylenes is 1. The summed E-state index contributed by atoms with van der Waals surface area (Å²) in [5.74, 6) is 3.22. The largest absolute Gasteiger partial charge is 0.227 e. The molecule has 0 atom stereocenters. The molecule has 102 valence electrons. The monoisotopic (exact) mass is 293 g/mol. The molecule has 0 unspecified atom stereocenters. The molecule has 0 bridgehead atoms. The quantitative estimate of drug-likeness (QED) is 0.671. The maximum Gasteiger partial charge on any atom is 0.171 e. The van der Waals surface area contributed by atoms with E-state index >= 15 is 0 Å². The number of fused-ring (bicyclic) bond motifs is 1. The van der Waals surface area contributed by atoms with Gasteiger partial charge in [-0.3, -0.25) is 0 Å². The fourth-order valence-electron chi connectivity index (χ4n) is 2.53. The van der Waals surface area contributed by atoms with Crippen molar-refractivity contribution >= 4 is 17.2 Å². The second kappa shape index (κ2) is 4.61. The number of aromatic nitrogens is 3. The second-order valence-corrected chi connectivity index (χ2v) is 5.72. The fraction of sp³-hybridized carbons (Fsp3) is 0.176. The number of hydrogen-bond acceptors (Lipinski definition) is 2. The van der Waals surface area contributed by atoms with Gasteiger partial charge < -0.3 is 0 Å². The maximum absolute atomic E-state index is 5.96. The zero-order valence-electron chi connectivity index (χ0n) is 11.3. The van der Waals surface area contributed by atoms with E-state index < -0.39 is 0 Å². The number of nitrogens with zero attached hydrogens (tertiary/aromatic N) is 3. The van der Waals surface area contributed by atoms with Gasteiger partial charge in [-0.1, -0.05) is 29.7 Å². The highest BCUT2D eigenvalue weighted by Gasteiger charge is 2.28. The van der Waals surface area contributed by atoms with Gasteiger partial charge in [0.15, 0.2) is 5.65 Å². The summed E-state index contributed by atoms with van der Waals surface area (Å²) in [6, 6.07) is 9.81. The summed E-state index contributed by atoms with van der Waals surface area (Å²) in [6.07, 6.45) is 9.66. The van der Waals surface area contributed by atoms with Crippen molar-refractivity contribution in [2.24, 2.45) is 0 Å². The minimum Gasteiger partial charge on any atom is -0.227 e. The van der Waals surface area contributed by atoms with Crippen molar-refractivity contribution < 1.29 is 0 Å². The predicted octanol–water partition coefficient (Wildman–Crippen LogP) is 3.91. The van der Waals surface area contributed by atoms with E-state index in [9.17, 15) is 0 Å². The van der Waals surface area contributed by atoms with Crippen LogP contribution in [0.5, 0.6) is 0 Å². The first-order valence-corrected chi connectivity index (χ1v) is 7.25. The molecule has 1 fully saturated rings. The minimum atomic E-state index is 0.562. The molecule has 1 aliphatic rings. The molecular formula is C17H12ClN3. The van der Waals surface area contributed by atoms with Crippen molar-refractivity contribution in [3.8, 4) is 23.6 Å². The molecule has 3 aromatic rings. The third kappa shape index (κ3) is 2.09. The summed E-state index contributed by atoms with van der Waals surface area (Å²) >= 11 is 5.96. The maximum atomic E-state index is 5.96. The Bertz CT molecular complexity index is 867. The zero-order valence-corrected chi connectivity index (χ0v) is 12.0. The Kier molecular flexibility index (Phi) is 2.73. The highest BCUT2D eigenvalue weighted by molar-refractivity contribution is 6.30. The van der Waals surface area contributed by atoms with Crippen molar-refractivity contribution in [2.75, 3.05) is 0 Å². The minimum absolute atomic E-state index is 0.562. The van der Waals surface area contributed by atoms with Gasteiger partial charge in [0.1, 0.15) is 0 Å². The normalized spacial score (nSPS) is 14.3. The molecular weight excluding hydrogens is 282 g/mol. The van der Waals surface area contributed by atoms with Gasteiger partial charge in [0, 0.05) is 22.2 Å². The lowest BCUT2D eigenvalue weighted by molar-refractivity contribution is 0.844. The Labute approximate surface area is 127 Å². The summed E-state index contributed by atoms with van der Waals surface area (Å²) in [5, 5.41) is 5.11. The molecule has 0 amide bonds. The van der Waals surface area contributed by atoms with E-state index in [1.54, 1.807) is 6.20 Å². The van der Waals surface area contributed by atoms with Crippen LogP contribution in [0.3, 0.4) is 0 Å². The smallest absolute Gasteiger partial charge is 0.171 e. The van der Waals surface area contributed by atoms with Crippen molar-refractivity contribution in [3.63, 3.8) is 0 Å². The first-order valence-electron chi connectivity index (χ1n) is 6.87. The lowest BCUT2D eigenvalue weighted by Gasteiger charge is -2.08. The Morgan fingerprint density at radius 2 is 2.00 bits per heavy atom. The van der Waals surface area contributed by atoms with Crippen LogP contribution in [0.1, 0.15) is 30.0 Å². The first kappa shape index (κ1) is 12.4. The molecule has 4 heteroatoms. The van der Waals surface area contributed by atoms with Crippen molar-refractivity contribution in [2.45, 2.75) is 18.8 Å². The number of benzene rings is 1. The molecule has 0 aliphatic heterocycles. The van der Waals surface area contributed by atoms with E-state index in [0.717, 1.165) is 27.5 Å². The molecule has 0 radical (unpaired) electrons. The Morgan fingerprint density at radius 3 is 2.67 bits per heavy atom. The first-order chi connectivity index (χ1) is 10.3. The zero-order chi connectivity index (χ0) is 14.4. The molecule has 1 aliphatic carbocycles. The summed E-state index contributed by atoms with van der Waals surface area (Å²) < 4.78 is 1.88. The standard InChI is InChI=1S/C17H12ClN3/c1-2-11-10-19-21-16(13-3-4-13)9-15(20-17(11)21)12-5-7-14(18)8-6-12/h1,5-10,13H,3-4H2. The van der Waals surface area contributed by atoms with Gasteiger partial charge in [-0.25, -0.2) is 9.50 Å². The highest BCUT2D eigenvalue weighted by atomic mass is 35.5. The average Bonchev–Trinajstić information content (AvgIpc) is 3.26. The number of rotatable bonds is 2. The third-order valence-corrected chi connectivity index (χ3v) is 4.04. The molecule has 2 aromatic heterocycles. The van der Waals surface area contributed by atoms with E-state index in [0.29, 0.717) is 5.92 Å². The van der Waals surface area contributed by atoms with Crippen LogP contribution in [0, 0.1) is 12.3 Å². The van der Waals surface area contributed by atoms with Crippen LogP contribution < -0.4 is 0 Å². The van der Waals surface area contributed by atoms with Gasteiger partial charge in [0.05, 0.1) is 17.5 Å². The van der Waals surface area contributed by atoms with Crippen molar-refractivity contribution in [1.82, 2.24) is 14.6 Å². The Morgan fingerprint density at radius 1 is 1.24 bits per heavy atom. The van der Waals surface area contributed by atoms with Crippen LogP contribution >= 0.6 is 11.6 Å². The molecule has 0 saturated heterocycles. The van der Waals surface area contributed by atoms with Crippen LogP contribution in [-0.2, 0) is 0 Å². The molecule has 0 N–H and O–H groups in total. The van der Waals surface area contributed by atoms with E-state index in [1.807, 2.05) is 28.8 Å². The van der Waals surface area contributed by atoms with Crippen LogP contribution in [0.25, 0.3) is 16.9 Å². The van der Waals surface area contributed by atoms with Crippen LogP contribution in [0.15, 0.2) is 36.5 Å². The van der Waals surface area contributed by atoms with Crippen molar-refractivity contribution in [1.29, 1.82) is 0 Å². The lowest BCUT2D eigenvalue weighted by Crippen LogP contribution is -2.01. The predicted molar refractivity (Wildman–Crippen MR) is 83.3 cm³/mol. The van der Waals surface area contributed by atoms with Crippen LogP contribution in [0.2, 0.25) is 5.02 Å². The molecule has 0 spiro atoms. The summed E-state index contributed by atoms with van der Waals surface area (Å²) in [7, 11) is 0. The second-order valence-electron chi connectivity index (χ2n) is 5.29. The van der Waals surface area contributed by atoms with E-state index in [4.69, 9.17) is 23.0 Å². The SMILES string of the molecule is C#Cc1cnn2c(C3CC3)cc(-c3ccc(Cl)cc3)nc12. The van der Waals surface area contributed by atoms with Gasteiger partial charge in [-0.15, -0.1) is 6.42 Å². The van der Waals surface area contributed by atoms with Crippen LogP contribution in [-0.4, -0.2) is 14.6 Å². The number of hydrogen-bond donors (Lipinski definition) is 0. The number of halogens is 1. The van der Waals surface area contributed by atoms with Gasteiger partial charge in [-0.2, -0.15) is 5.10 Å². The Hall–Kier alpha value is -2.31. The molecule has 2 heterocycles. The van der Waals surface area contributed by atoms with Gasteiger partial charge in [0.2, 0.25) is 0 Å². The molecule has 1 aromatic carbocycles. The molecule has 3 nitrogen and oxygen atoms in total. The van der Waals surface area contributed by atoms with Gasteiger partial charge in [-0.05, 0) is 31.0 Å². The summed E-state index contributed by atoms with van der Waals surface area (Å²) in [6.45, 7) is 0. The van der Waals surface area contributed by atoms with Crippen LogP contribution in [0.4, 0.5) is 0 Å². The lowest BCUT2D eigenvalue weighted by atomic mass is 10.1. The van der Waals surface area contributed by atoms with Gasteiger partial charge >= 0.3 is 0 Å². The van der Waals surface area contributed by atoms with E-state index in [1.165, 1.54) is 18.5 Å². The van der Waals surface area contributed by atoms with Crippen molar-refractivity contribution in [3.05, 3.63) is 52.8 Å². The highest BCUT2D eigenvalue weighted by Crippen LogP contribution is 2.41. The molecule has 4 rings (SSSR count). The Balaban J connectivity index is 1.97. The fourth-order valence-corrected chi connectivity index (χ4v) is 2.65. The van der Waals surface area contributed by atoms with E-state index in [-0.39, 0.29) is 0 Å². The average molecular weight is 294 g/mol. The topological polar surface area (TPSA) is 30.2 Å². The summed E-state index contributed by atoms with van der Waals surface area (Å²) in [5.41, 5.74) is 4.62. The van der Waals surface area contributed by atoms with E-state index in [2.05, 4.69) is 17.1 Å². The molecule has 21 heavy (non-hydrogen) atoms. The molecule has 1 saturated carbocycles. The van der Waals surface area contributed by atoms with Gasteiger partial charge in [0.25, 0.3) is 0 Å². The summed E-state index contributed by atoms with van der Waals surface area (Å²) in [4.78, 5) is 4.69. The third-order valence-electron chi connectivity index (χ3n) is 3.79.